The number of nitrogens with zero attached hydrogens (tertiary/aromatic N) is 2. The largest absolute Gasteiger partial charge is 0.159 e. The lowest BCUT2D eigenvalue weighted by molar-refractivity contribution is 0.636. The Hall–Kier alpha value is -0.920. The molecule has 11 heavy (non-hydrogen) atoms. The second kappa shape index (κ2) is 4.06. The summed E-state index contributed by atoms with van der Waals surface area (Å²) in [6.07, 6.45) is 5.98. The van der Waals surface area contributed by atoms with Crippen molar-refractivity contribution in [3.63, 3.8) is 0 Å². The summed E-state index contributed by atoms with van der Waals surface area (Å²) in [5.41, 5.74) is 1.31. The molecule has 0 unspecified atom stereocenters. The van der Waals surface area contributed by atoms with Crippen molar-refractivity contribution in [1.82, 2.24) is 10.2 Å². The molecular weight excluding hydrogens is 136 g/mol. The number of aromatic nitrogens is 2. The van der Waals surface area contributed by atoms with Crippen LogP contribution in [0.15, 0.2) is 18.5 Å². The van der Waals surface area contributed by atoms with Crippen molar-refractivity contribution in [2.75, 3.05) is 0 Å². The summed E-state index contributed by atoms with van der Waals surface area (Å²) in [7, 11) is 0. The maximum absolute atomic E-state index is 3.85. The van der Waals surface area contributed by atoms with E-state index >= 15 is 0 Å². The molecule has 0 saturated heterocycles. The van der Waals surface area contributed by atoms with E-state index in [1.807, 2.05) is 12.3 Å². The Labute approximate surface area is 67.7 Å². The van der Waals surface area contributed by atoms with Crippen LogP contribution in [0.1, 0.15) is 38.2 Å². The van der Waals surface area contributed by atoms with Gasteiger partial charge in [-0.1, -0.05) is 13.8 Å². The van der Waals surface area contributed by atoms with Crippen molar-refractivity contribution in [1.29, 1.82) is 0 Å². The van der Waals surface area contributed by atoms with Gasteiger partial charge in [0, 0.05) is 6.20 Å². The van der Waals surface area contributed by atoms with Gasteiger partial charge in [-0.25, -0.2) is 0 Å². The first-order valence-electron chi connectivity index (χ1n) is 4.15. The maximum Gasteiger partial charge on any atom is 0.0531 e. The van der Waals surface area contributed by atoms with Crippen LogP contribution in [0.25, 0.3) is 0 Å². The van der Waals surface area contributed by atoms with E-state index < -0.39 is 0 Å². The molecule has 0 radical (unpaired) electrons. The zero-order valence-electron chi connectivity index (χ0n) is 7.12. The van der Waals surface area contributed by atoms with Crippen molar-refractivity contribution < 1.29 is 0 Å². The third-order valence-electron chi connectivity index (χ3n) is 2.06. The van der Waals surface area contributed by atoms with E-state index in [1.54, 1.807) is 6.20 Å². The molecule has 0 aliphatic carbocycles. The van der Waals surface area contributed by atoms with Gasteiger partial charge in [-0.05, 0) is 30.4 Å². The lowest BCUT2D eigenvalue weighted by atomic mass is 9.96. The Morgan fingerprint density at radius 1 is 1.27 bits per heavy atom. The van der Waals surface area contributed by atoms with E-state index in [-0.39, 0.29) is 0 Å². The first-order chi connectivity index (χ1) is 5.38. The van der Waals surface area contributed by atoms with Gasteiger partial charge < -0.3 is 0 Å². The SMILES string of the molecule is CCC(CC)c1ccnnc1. The minimum absolute atomic E-state index is 0.658. The van der Waals surface area contributed by atoms with E-state index in [9.17, 15) is 0 Å². The molecular formula is C9H14N2. The van der Waals surface area contributed by atoms with Crippen LogP contribution in [0.2, 0.25) is 0 Å². The van der Waals surface area contributed by atoms with Gasteiger partial charge in [0.1, 0.15) is 0 Å². The van der Waals surface area contributed by atoms with Crippen LogP contribution < -0.4 is 0 Å². The molecule has 0 aliphatic rings. The molecule has 2 nitrogen and oxygen atoms in total. The van der Waals surface area contributed by atoms with Gasteiger partial charge in [-0.2, -0.15) is 10.2 Å². The smallest absolute Gasteiger partial charge is 0.0531 e. The van der Waals surface area contributed by atoms with Crippen LogP contribution in [-0.2, 0) is 0 Å². The molecule has 0 bridgehead atoms. The van der Waals surface area contributed by atoms with Gasteiger partial charge in [0.25, 0.3) is 0 Å². The second-order valence-electron chi connectivity index (χ2n) is 2.69. The molecule has 2 heteroatoms. The highest BCUT2D eigenvalue weighted by Crippen LogP contribution is 2.20. The van der Waals surface area contributed by atoms with Crippen molar-refractivity contribution in [2.24, 2.45) is 0 Å². The predicted molar refractivity (Wildman–Crippen MR) is 45.4 cm³/mol. The van der Waals surface area contributed by atoms with Gasteiger partial charge in [0.2, 0.25) is 0 Å². The maximum atomic E-state index is 3.85. The Balaban J connectivity index is 2.74. The van der Waals surface area contributed by atoms with Crippen LogP contribution in [0, 0.1) is 0 Å². The van der Waals surface area contributed by atoms with E-state index in [4.69, 9.17) is 0 Å². The highest BCUT2D eigenvalue weighted by Gasteiger charge is 2.05. The summed E-state index contributed by atoms with van der Waals surface area (Å²) >= 11 is 0. The quantitative estimate of drug-likeness (QED) is 0.661. The van der Waals surface area contributed by atoms with Crippen molar-refractivity contribution in [3.05, 3.63) is 24.0 Å². The molecule has 0 amide bonds. The zero-order chi connectivity index (χ0) is 8.10. The molecule has 0 aromatic carbocycles. The van der Waals surface area contributed by atoms with Crippen LogP contribution in [-0.4, -0.2) is 10.2 Å². The Morgan fingerprint density at radius 3 is 2.45 bits per heavy atom. The molecule has 1 heterocycles. The fraction of sp³-hybridized carbons (Fsp3) is 0.556. The molecule has 0 atom stereocenters. The molecule has 0 spiro atoms. The van der Waals surface area contributed by atoms with Gasteiger partial charge in [-0.15, -0.1) is 0 Å². The van der Waals surface area contributed by atoms with Crippen molar-refractivity contribution in [3.8, 4) is 0 Å². The highest BCUT2D eigenvalue weighted by molar-refractivity contribution is 5.11. The normalized spacial score (nSPS) is 10.5. The Morgan fingerprint density at radius 2 is 2.00 bits per heavy atom. The van der Waals surface area contributed by atoms with Gasteiger partial charge in [0.05, 0.1) is 6.20 Å². The van der Waals surface area contributed by atoms with Crippen LogP contribution in [0.4, 0.5) is 0 Å². The lowest BCUT2D eigenvalue weighted by Crippen LogP contribution is -1.96. The minimum Gasteiger partial charge on any atom is -0.159 e. The van der Waals surface area contributed by atoms with Crippen molar-refractivity contribution in [2.45, 2.75) is 32.6 Å². The van der Waals surface area contributed by atoms with E-state index in [0.717, 1.165) is 0 Å². The first-order valence-corrected chi connectivity index (χ1v) is 4.15. The summed E-state index contributed by atoms with van der Waals surface area (Å²) in [5, 5.41) is 7.60. The molecule has 1 rings (SSSR count). The highest BCUT2D eigenvalue weighted by atomic mass is 15.1. The van der Waals surface area contributed by atoms with E-state index in [2.05, 4.69) is 24.0 Å². The Bertz CT molecular complexity index is 192. The minimum atomic E-state index is 0.658. The molecule has 0 saturated carbocycles. The Kier molecular flexibility index (Phi) is 3.02. The fourth-order valence-electron chi connectivity index (χ4n) is 1.30. The zero-order valence-corrected chi connectivity index (χ0v) is 7.12. The second-order valence-corrected chi connectivity index (χ2v) is 2.69. The molecule has 60 valence electrons. The van der Waals surface area contributed by atoms with Crippen LogP contribution in [0.3, 0.4) is 0 Å². The molecule has 0 fully saturated rings. The van der Waals surface area contributed by atoms with Crippen LogP contribution in [0.5, 0.6) is 0 Å². The molecule has 1 aromatic rings. The summed E-state index contributed by atoms with van der Waals surface area (Å²) in [5.74, 6) is 0.658. The molecule has 0 aliphatic heterocycles. The number of rotatable bonds is 3. The van der Waals surface area contributed by atoms with Crippen LogP contribution >= 0.6 is 0 Å². The fourth-order valence-corrected chi connectivity index (χ4v) is 1.30. The topological polar surface area (TPSA) is 25.8 Å². The predicted octanol–water partition coefficient (Wildman–Crippen LogP) is 2.38. The van der Waals surface area contributed by atoms with Gasteiger partial charge in [-0.3, -0.25) is 0 Å². The summed E-state index contributed by atoms with van der Waals surface area (Å²) < 4.78 is 0. The third kappa shape index (κ3) is 2.00. The van der Waals surface area contributed by atoms with Crippen molar-refractivity contribution >= 4 is 0 Å². The molecule has 1 aromatic heterocycles. The number of hydrogen-bond acceptors (Lipinski definition) is 2. The third-order valence-corrected chi connectivity index (χ3v) is 2.06. The van der Waals surface area contributed by atoms with E-state index in [1.165, 1.54) is 18.4 Å². The lowest BCUT2D eigenvalue weighted by Gasteiger charge is -2.10. The summed E-state index contributed by atoms with van der Waals surface area (Å²) in [6, 6.07) is 2.05. The average molecular weight is 150 g/mol. The monoisotopic (exact) mass is 150 g/mol. The molecule has 0 N–H and O–H groups in total. The first kappa shape index (κ1) is 8.18. The van der Waals surface area contributed by atoms with Gasteiger partial charge in [0.15, 0.2) is 0 Å². The van der Waals surface area contributed by atoms with E-state index in [0.29, 0.717) is 5.92 Å². The summed E-state index contributed by atoms with van der Waals surface area (Å²) in [6.45, 7) is 4.41. The standard InChI is InChI=1S/C9H14N2/c1-3-8(4-2)9-5-6-10-11-7-9/h5-8H,3-4H2,1-2H3. The van der Waals surface area contributed by atoms with Gasteiger partial charge >= 0.3 is 0 Å². The summed E-state index contributed by atoms with van der Waals surface area (Å²) in [4.78, 5) is 0. The average Bonchev–Trinajstić information content (AvgIpc) is 2.09. The number of hydrogen-bond donors (Lipinski definition) is 0.